The van der Waals surface area contributed by atoms with E-state index in [9.17, 15) is 22.2 Å². The molecule has 2 aliphatic rings. The molecule has 14 heteroatoms. The monoisotopic (exact) mass is 532 g/mol. The van der Waals surface area contributed by atoms with Gasteiger partial charge in [-0.05, 0) is 29.3 Å². The van der Waals surface area contributed by atoms with Crippen molar-refractivity contribution in [2.75, 3.05) is 58.0 Å². The van der Waals surface area contributed by atoms with Crippen LogP contribution < -0.4 is 9.47 Å². The zero-order chi connectivity index (χ0) is 25.7. The minimum Gasteiger partial charge on any atom is -0.459 e. The third-order valence-electron chi connectivity index (χ3n) is 6.05. The molecule has 2 amide bonds. The molecule has 3 heterocycles. The Bertz CT molecular complexity index is 1040. The number of urea groups is 1. The fraction of sp³-hybridized carbons (Fsp3) is 0.591. The minimum absolute atomic E-state index is 0.0641. The summed E-state index contributed by atoms with van der Waals surface area (Å²) in [5.41, 5.74) is 0.753. The first-order valence-corrected chi connectivity index (χ1v) is 12.9. The number of ether oxygens (including phenoxy) is 3. The lowest BCUT2D eigenvalue weighted by Crippen LogP contribution is -2.52. The van der Waals surface area contributed by atoms with Gasteiger partial charge in [0.25, 0.3) is 0 Å². The third kappa shape index (κ3) is 6.87. The molecule has 198 valence electrons. The zero-order valence-electron chi connectivity index (χ0n) is 19.6. The highest BCUT2D eigenvalue weighted by Crippen LogP contribution is 2.37. The zero-order valence-corrected chi connectivity index (χ0v) is 20.4. The first kappa shape index (κ1) is 26.2. The van der Waals surface area contributed by atoms with Crippen molar-refractivity contribution >= 4 is 16.8 Å². The number of piperidine rings is 1. The molecule has 2 fully saturated rings. The Morgan fingerprint density at radius 3 is 2.47 bits per heavy atom. The summed E-state index contributed by atoms with van der Waals surface area (Å²) in [6, 6.07) is 5.52. The van der Waals surface area contributed by atoms with Gasteiger partial charge in [-0.15, -0.1) is 13.2 Å². The average molecular weight is 533 g/mol. The van der Waals surface area contributed by atoms with Crippen molar-refractivity contribution in [3.05, 3.63) is 35.7 Å². The molecule has 10 nitrogen and oxygen atoms in total. The molecule has 2 atom stereocenters. The van der Waals surface area contributed by atoms with Crippen LogP contribution in [0.1, 0.15) is 29.7 Å². The minimum atomic E-state index is -4.78. The van der Waals surface area contributed by atoms with Crippen LogP contribution in [0.25, 0.3) is 0 Å². The molecule has 36 heavy (non-hydrogen) atoms. The van der Waals surface area contributed by atoms with Gasteiger partial charge in [-0.1, -0.05) is 12.1 Å². The topological polar surface area (TPSA) is 107 Å². The number of hydrogen-bond acceptors (Lipinski definition) is 8. The van der Waals surface area contributed by atoms with Crippen LogP contribution in [0, 0.1) is 0 Å². The second kappa shape index (κ2) is 11.5. The van der Waals surface area contributed by atoms with E-state index < -0.39 is 17.2 Å². The maximum Gasteiger partial charge on any atom is 0.573 e. The Kier molecular flexibility index (Phi) is 8.34. The second-order valence-electron chi connectivity index (χ2n) is 8.53. The Morgan fingerprint density at radius 1 is 1.11 bits per heavy atom. The Labute approximate surface area is 208 Å². The number of nitrogens with zero attached hydrogens (tertiary/aromatic N) is 4. The van der Waals surface area contributed by atoms with Crippen molar-refractivity contribution in [1.29, 1.82) is 0 Å². The van der Waals surface area contributed by atoms with Crippen LogP contribution in [0.15, 0.2) is 28.8 Å². The van der Waals surface area contributed by atoms with Gasteiger partial charge in [0.05, 0.1) is 12.5 Å². The van der Waals surface area contributed by atoms with Crippen LogP contribution in [-0.2, 0) is 15.5 Å². The number of carbonyl (C=O) groups is 1. The fourth-order valence-electron chi connectivity index (χ4n) is 4.31. The standard InChI is InChI=1S/C22H27F3N4O6S/c1-32-8-9-33-20-26-19(35-27-20)17-12-16(15-2-4-18(5-3-15)34-22(23,24)25)13-29(14-17)21(30)28-6-10-36(31)11-7-28/h2-5,16-17H,6-14H2,1H3. The lowest BCUT2D eigenvalue weighted by molar-refractivity contribution is -0.274. The van der Waals surface area contributed by atoms with Crippen LogP contribution in [0.3, 0.4) is 0 Å². The van der Waals surface area contributed by atoms with Crippen molar-refractivity contribution in [2.24, 2.45) is 0 Å². The molecular formula is C22H27F3N4O6S. The van der Waals surface area contributed by atoms with Crippen LogP contribution in [0.2, 0.25) is 0 Å². The van der Waals surface area contributed by atoms with Crippen molar-refractivity contribution in [3.63, 3.8) is 0 Å². The number of halogens is 3. The summed E-state index contributed by atoms with van der Waals surface area (Å²) in [5.74, 6) is 0.336. The Balaban J connectivity index is 1.52. The van der Waals surface area contributed by atoms with Crippen molar-refractivity contribution < 1.29 is 40.9 Å². The summed E-state index contributed by atoms with van der Waals surface area (Å²) < 4.78 is 69.1. The predicted octanol–water partition coefficient (Wildman–Crippen LogP) is 2.75. The van der Waals surface area contributed by atoms with Crippen LogP contribution in [0.5, 0.6) is 11.8 Å². The van der Waals surface area contributed by atoms with Crippen molar-refractivity contribution in [1.82, 2.24) is 19.9 Å². The SMILES string of the molecule is COCCOc1noc(C2CC(c3ccc(OC(F)(F)F)cc3)CN(C(=O)N3CCS(=O)CC3)C2)n1. The lowest BCUT2D eigenvalue weighted by Gasteiger charge is -2.40. The van der Waals surface area contributed by atoms with E-state index in [4.69, 9.17) is 14.0 Å². The number of carbonyl (C=O) groups excluding carboxylic acids is 1. The van der Waals surface area contributed by atoms with Crippen molar-refractivity contribution in [2.45, 2.75) is 24.6 Å². The van der Waals surface area contributed by atoms with Gasteiger partial charge in [0.1, 0.15) is 12.4 Å². The van der Waals surface area contributed by atoms with Gasteiger partial charge in [0, 0.05) is 61.5 Å². The molecule has 1 aromatic carbocycles. The summed E-state index contributed by atoms with van der Waals surface area (Å²) in [6.07, 6.45) is -4.24. The van der Waals surface area contributed by atoms with E-state index in [-0.39, 0.29) is 36.2 Å². The number of methoxy groups -OCH3 is 1. The number of benzene rings is 1. The molecular weight excluding hydrogens is 505 g/mol. The Hall–Kier alpha value is -2.87. The van der Waals surface area contributed by atoms with Gasteiger partial charge in [-0.2, -0.15) is 4.98 Å². The molecule has 2 unspecified atom stereocenters. The number of likely N-dealkylation sites (tertiary alicyclic amines) is 1. The number of aromatic nitrogens is 2. The maximum atomic E-state index is 13.3. The molecule has 0 aliphatic carbocycles. The van der Waals surface area contributed by atoms with Gasteiger partial charge < -0.3 is 28.5 Å². The molecule has 4 rings (SSSR count). The molecule has 1 aromatic heterocycles. The molecule has 2 aliphatic heterocycles. The molecule has 0 radical (unpaired) electrons. The summed E-state index contributed by atoms with van der Waals surface area (Å²) in [5, 5.41) is 3.84. The highest BCUT2D eigenvalue weighted by Gasteiger charge is 2.37. The van der Waals surface area contributed by atoms with E-state index >= 15 is 0 Å². The summed E-state index contributed by atoms with van der Waals surface area (Å²) in [6.45, 7) is 2.09. The number of hydrogen-bond donors (Lipinski definition) is 0. The summed E-state index contributed by atoms with van der Waals surface area (Å²) in [4.78, 5) is 21.0. The van der Waals surface area contributed by atoms with Crippen molar-refractivity contribution in [3.8, 4) is 11.8 Å². The number of rotatable bonds is 7. The third-order valence-corrected chi connectivity index (χ3v) is 7.32. The highest BCUT2D eigenvalue weighted by molar-refractivity contribution is 7.85. The summed E-state index contributed by atoms with van der Waals surface area (Å²) >= 11 is 0. The average Bonchev–Trinajstić information content (AvgIpc) is 3.32. The van der Waals surface area contributed by atoms with Gasteiger partial charge in [-0.3, -0.25) is 4.21 Å². The van der Waals surface area contributed by atoms with E-state index in [0.29, 0.717) is 56.6 Å². The van der Waals surface area contributed by atoms with Crippen LogP contribution in [-0.4, -0.2) is 94.6 Å². The van der Waals surface area contributed by atoms with Crippen LogP contribution in [0.4, 0.5) is 18.0 Å². The summed E-state index contributed by atoms with van der Waals surface area (Å²) in [7, 11) is 0.615. The van der Waals surface area contributed by atoms with E-state index in [2.05, 4.69) is 14.9 Å². The molecule has 0 N–H and O–H groups in total. The van der Waals surface area contributed by atoms with E-state index in [1.807, 2.05) is 0 Å². The van der Waals surface area contributed by atoms with E-state index in [1.54, 1.807) is 29.0 Å². The Morgan fingerprint density at radius 2 is 1.81 bits per heavy atom. The van der Waals surface area contributed by atoms with Gasteiger partial charge in [-0.25, -0.2) is 4.79 Å². The first-order chi connectivity index (χ1) is 17.2. The molecule has 0 bridgehead atoms. The van der Waals surface area contributed by atoms with Gasteiger partial charge in [0.2, 0.25) is 5.89 Å². The molecule has 2 saturated heterocycles. The van der Waals surface area contributed by atoms with E-state index in [0.717, 1.165) is 5.56 Å². The molecule has 0 spiro atoms. The maximum absolute atomic E-state index is 13.3. The van der Waals surface area contributed by atoms with Gasteiger partial charge in [0.15, 0.2) is 0 Å². The molecule has 2 aromatic rings. The smallest absolute Gasteiger partial charge is 0.459 e. The van der Waals surface area contributed by atoms with E-state index in [1.165, 1.54) is 12.1 Å². The quantitative estimate of drug-likeness (QED) is 0.501. The normalized spacial score (nSPS) is 21.4. The van der Waals surface area contributed by atoms with Crippen LogP contribution >= 0.6 is 0 Å². The number of amides is 2. The van der Waals surface area contributed by atoms with Gasteiger partial charge >= 0.3 is 18.4 Å². The number of alkyl halides is 3. The predicted molar refractivity (Wildman–Crippen MR) is 121 cm³/mol. The second-order valence-corrected chi connectivity index (χ2v) is 10.2. The largest absolute Gasteiger partial charge is 0.573 e. The molecule has 0 saturated carbocycles. The lowest BCUT2D eigenvalue weighted by atomic mass is 9.84. The highest BCUT2D eigenvalue weighted by atomic mass is 32.2. The first-order valence-electron chi connectivity index (χ1n) is 11.4. The fourth-order valence-corrected chi connectivity index (χ4v) is 5.36.